The topological polar surface area (TPSA) is 64.8 Å². The van der Waals surface area contributed by atoms with Crippen LogP contribution >= 0.6 is 0 Å². The molecule has 3 heterocycles. The number of nitrogens with zero attached hydrogens (tertiary/aromatic N) is 4. The van der Waals surface area contributed by atoms with Gasteiger partial charge in [-0.2, -0.15) is 5.26 Å². The summed E-state index contributed by atoms with van der Waals surface area (Å²) in [6.07, 6.45) is 1.67. The molecule has 1 aromatic heterocycles. The van der Waals surface area contributed by atoms with Gasteiger partial charge in [-0.1, -0.05) is 0 Å². The quantitative estimate of drug-likeness (QED) is 0.789. The predicted octanol–water partition coefficient (Wildman–Crippen LogP) is 0.782. The van der Waals surface area contributed by atoms with Crippen molar-refractivity contribution in [1.82, 2.24) is 15.3 Å². The summed E-state index contributed by atoms with van der Waals surface area (Å²) in [4.78, 5) is 10.9. The average molecular weight is 243 g/mol. The van der Waals surface area contributed by atoms with E-state index in [1.54, 1.807) is 12.3 Å². The summed E-state index contributed by atoms with van der Waals surface area (Å²) in [5, 5.41) is 12.4. The molecule has 0 amide bonds. The number of hydrogen-bond donors (Lipinski definition) is 1. The van der Waals surface area contributed by atoms with E-state index in [0.717, 1.165) is 19.6 Å². The van der Waals surface area contributed by atoms with Crippen molar-refractivity contribution in [3.8, 4) is 6.07 Å². The first-order valence-corrected chi connectivity index (χ1v) is 6.34. The SMILES string of the molecule is CC1(C)C2CNCC2CN1c1nccc(C#N)n1. The molecule has 0 saturated carbocycles. The summed E-state index contributed by atoms with van der Waals surface area (Å²) in [7, 11) is 0. The predicted molar refractivity (Wildman–Crippen MR) is 68.0 cm³/mol. The molecule has 2 unspecified atom stereocenters. The van der Waals surface area contributed by atoms with Crippen molar-refractivity contribution in [2.75, 3.05) is 24.5 Å². The van der Waals surface area contributed by atoms with E-state index < -0.39 is 0 Å². The van der Waals surface area contributed by atoms with Gasteiger partial charge in [0, 0.05) is 31.4 Å². The Morgan fingerprint density at radius 2 is 2.33 bits per heavy atom. The highest BCUT2D eigenvalue weighted by Crippen LogP contribution is 2.41. The molecule has 94 valence electrons. The molecule has 0 spiro atoms. The van der Waals surface area contributed by atoms with Gasteiger partial charge in [0.25, 0.3) is 0 Å². The Labute approximate surface area is 107 Å². The van der Waals surface area contributed by atoms with Gasteiger partial charge in [-0.05, 0) is 31.7 Å². The molecule has 2 atom stereocenters. The summed E-state index contributed by atoms with van der Waals surface area (Å²) in [6, 6.07) is 3.73. The molecule has 0 radical (unpaired) electrons. The maximum atomic E-state index is 8.93. The van der Waals surface area contributed by atoms with E-state index in [2.05, 4.69) is 40.1 Å². The first-order valence-electron chi connectivity index (χ1n) is 6.34. The molecule has 18 heavy (non-hydrogen) atoms. The van der Waals surface area contributed by atoms with Crippen molar-refractivity contribution >= 4 is 5.95 Å². The maximum absolute atomic E-state index is 8.93. The van der Waals surface area contributed by atoms with Crippen LogP contribution in [0, 0.1) is 23.2 Å². The van der Waals surface area contributed by atoms with Crippen LogP contribution in [-0.4, -0.2) is 35.1 Å². The number of aromatic nitrogens is 2. The lowest BCUT2D eigenvalue weighted by molar-refractivity contribution is 0.355. The molecule has 5 nitrogen and oxygen atoms in total. The first-order chi connectivity index (χ1) is 8.63. The molecule has 0 aliphatic carbocycles. The van der Waals surface area contributed by atoms with Crippen LogP contribution in [0.1, 0.15) is 19.5 Å². The van der Waals surface area contributed by atoms with Gasteiger partial charge in [0.05, 0.1) is 0 Å². The Balaban J connectivity index is 1.95. The molecule has 2 fully saturated rings. The van der Waals surface area contributed by atoms with Crippen molar-refractivity contribution in [3.63, 3.8) is 0 Å². The van der Waals surface area contributed by atoms with Crippen molar-refractivity contribution in [2.45, 2.75) is 19.4 Å². The van der Waals surface area contributed by atoms with E-state index in [1.807, 2.05) is 0 Å². The fraction of sp³-hybridized carbons (Fsp3) is 0.615. The minimum Gasteiger partial charge on any atom is -0.335 e. The van der Waals surface area contributed by atoms with Crippen molar-refractivity contribution in [2.24, 2.45) is 11.8 Å². The molecule has 2 aliphatic heterocycles. The van der Waals surface area contributed by atoms with Crippen molar-refractivity contribution in [1.29, 1.82) is 5.26 Å². The van der Waals surface area contributed by atoms with Gasteiger partial charge >= 0.3 is 0 Å². The smallest absolute Gasteiger partial charge is 0.227 e. The number of nitrogens with one attached hydrogen (secondary N) is 1. The Bertz CT molecular complexity index is 504. The minimum atomic E-state index is 0.0439. The number of hydrogen-bond acceptors (Lipinski definition) is 5. The van der Waals surface area contributed by atoms with Crippen LogP contribution in [-0.2, 0) is 0 Å². The van der Waals surface area contributed by atoms with Crippen LogP contribution in [0.5, 0.6) is 0 Å². The molecule has 3 rings (SSSR count). The zero-order chi connectivity index (χ0) is 12.8. The molecule has 2 aliphatic rings. The van der Waals surface area contributed by atoms with Crippen LogP contribution in [0.25, 0.3) is 0 Å². The molecular weight excluding hydrogens is 226 g/mol. The summed E-state index contributed by atoms with van der Waals surface area (Å²) in [5.41, 5.74) is 0.480. The van der Waals surface area contributed by atoms with Crippen molar-refractivity contribution < 1.29 is 0 Å². The number of fused-ring (bicyclic) bond motifs is 1. The van der Waals surface area contributed by atoms with E-state index in [9.17, 15) is 0 Å². The molecule has 1 aromatic rings. The lowest BCUT2D eigenvalue weighted by atomic mass is 9.85. The lowest BCUT2D eigenvalue weighted by Gasteiger charge is -2.35. The molecule has 5 heteroatoms. The molecule has 2 saturated heterocycles. The van der Waals surface area contributed by atoms with E-state index in [4.69, 9.17) is 5.26 Å². The van der Waals surface area contributed by atoms with E-state index in [-0.39, 0.29) is 5.54 Å². The highest BCUT2D eigenvalue weighted by molar-refractivity contribution is 5.40. The fourth-order valence-corrected chi connectivity index (χ4v) is 3.30. The minimum absolute atomic E-state index is 0.0439. The third-order valence-electron chi connectivity index (χ3n) is 4.36. The Hall–Kier alpha value is -1.67. The Morgan fingerprint density at radius 1 is 1.50 bits per heavy atom. The lowest BCUT2D eigenvalue weighted by Crippen LogP contribution is -2.45. The highest BCUT2D eigenvalue weighted by Gasteiger charge is 2.50. The molecule has 0 bridgehead atoms. The fourth-order valence-electron chi connectivity index (χ4n) is 3.30. The third kappa shape index (κ3) is 1.57. The summed E-state index contributed by atoms with van der Waals surface area (Å²) >= 11 is 0. The normalized spacial score (nSPS) is 29.1. The van der Waals surface area contributed by atoms with Crippen LogP contribution in [0.15, 0.2) is 12.3 Å². The Kier molecular flexibility index (Phi) is 2.49. The van der Waals surface area contributed by atoms with Gasteiger partial charge in [0.2, 0.25) is 5.95 Å². The van der Waals surface area contributed by atoms with Crippen LogP contribution in [0.3, 0.4) is 0 Å². The standard InChI is InChI=1S/C13H17N5/c1-13(2)11-7-15-6-9(11)8-18(13)12-16-4-3-10(5-14)17-12/h3-4,9,11,15H,6-8H2,1-2H3. The van der Waals surface area contributed by atoms with Crippen LogP contribution in [0.2, 0.25) is 0 Å². The monoisotopic (exact) mass is 243 g/mol. The Morgan fingerprint density at radius 3 is 3.06 bits per heavy atom. The number of rotatable bonds is 1. The summed E-state index contributed by atoms with van der Waals surface area (Å²) in [6.45, 7) is 7.59. The maximum Gasteiger partial charge on any atom is 0.227 e. The largest absolute Gasteiger partial charge is 0.335 e. The second-order valence-corrected chi connectivity index (χ2v) is 5.64. The molecular formula is C13H17N5. The van der Waals surface area contributed by atoms with Crippen LogP contribution < -0.4 is 10.2 Å². The van der Waals surface area contributed by atoms with E-state index in [0.29, 0.717) is 23.5 Å². The van der Waals surface area contributed by atoms with Crippen LogP contribution in [0.4, 0.5) is 5.95 Å². The van der Waals surface area contributed by atoms with Crippen molar-refractivity contribution in [3.05, 3.63) is 18.0 Å². The second-order valence-electron chi connectivity index (χ2n) is 5.64. The zero-order valence-corrected chi connectivity index (χ0v) is 10.7. The number of anilines is 1. The van der Waals surface area contributed by atoms with Gasteiger partial charge in [-0.15, -0.1) is 0 Å². The van der Waals surface area contributed by atoms with E-state index >= 15 is 0 Å². The van der Waals surface area contributed by atoms with Gasteiger partial charge in [0.15, 0.2) is 0 Å². The third-order valence-corrected chi connectivity index (χ3v) is 4.36. The highest BCUT2D eigenvalue weighted by atomic mass is 15.3. The van der Waals surface area contributed by atoms with Gasteiger partial charge in [-0.25, -0.2) is 9.97 Å². The second kappa shape index (κ2) is 3.92. The zero-order valence-electron chi connectivity index (χ0n) is 10.7. The molecule has 1 N–H and O–H groups in total. The van der Waals surface area contributed by atoms with Gasteiger partial charge in [-0.3, -0.25) is 0 Å². The van der Waals surface area contributed by atoms with E-state index in [1.165, 1.54) is 0 Å². The summed E-state index contributed by atoms with van der Waals surface area (Å²) < 4.78 is 0. The van der Waals surface area contributed by atoms with Gasteiger partial charge in [0.1, 0.15) is 11.8 Å². The summed E-state index contributed by atoms with van der Waals surface area (Å²) in [5.74, 6) is 1.98. The number of nitriles is 1. The molecule has 0 aromatic carbocycles. The van der Waals surface area contributed by atoms with Gasteiger partial charge < -0.3 is 10.2 Å². The first kappa shape index (κ1) is 11.4. The average Bonchev–Trinajstić information content (AvgIpc) is 2.92.